The van der Waals surface area contributed by atoms with Crippen LogP contribution in [0.25, 0.3) is 0 Å². The lowest BCUT2D eigenvalue weighted by Gasteiger charge is -2.07. The highest BCUT2D eigenvalue weighted by atomic mass is 16.5. The number of aromatic nitrogens is 3. The van der Waals surface area contributed by atoms with Gasteiger partial charge in [0.05, 0.1) is 13.7 Å². The van der Waals surface area contributed by atoms with Crippen molar-refractivity contribution < 1.29 is 4.74 Å². The molecule has 108 valence electrons. The topological polar surface area (TPSA) is 52.0 Å². The summed E-state index contributed by atoms with van der Waals surface area (Å²) in [5.41, 5.74) is 1.27. The number of rotatable bonds is 8. The zero-order chi connectivity index (χ0) is 14.2. The van der Waals surface area contributed by atoms with Gasteiger partial charge in [-0.3, -0.25) is 0 Å². The van der Waals surface area contributed by atoms with E-state index in [0.29, 0.717) is 0 Å². The lowest BCUT2D eigenvalue weighted by molar-refractivity contribution is 0.414. The van der Waals surface area contributed by atoms with Crippen molar-refractivity contribution in [2.45, 2.75) is 32.9 Å². The van der Waals surface area contributed by atoms with Crippen LogP contribution in [0.3, 0.4) is 0 Å². The molecule has 0 unspecified atom stereocenters. The standard InChI is InChI=1S/C15H22N4O/c1-3-9-19-15(17-12-18-19)11-16-8-7-13-5-4-6-14(10-13)20-2/h4-6,10,12,16H,3,7-9,11H2,1-2H3. The van der Waals surface area contributed by atoms with Crippen LogP contribution in [-0.2, 0) is 19.5 Å². The zero-order valence-corrected chi connectivity index (χ0v) is 12.2. The summed E-state index contributed by atoms with van der Waals surface area (Å²) in [6, 6.07) is 8.17. The number of aryl methyl sites for hydroxylation is 1. The van der Waals surface area contributed by atoms with Gasteiger partial charge in [0.15, 0.2) is 0 Å². The van der Waals surface area contributed by atoms with Gasteiger partial charge in [0.1, 0.15) is 17.9 Å². The molecule has 5 heteroatoms. The quantitative estimate of drug-likeness (QED) is 0.748. The average molecular weight is 274 g/mol. The van der Waals surface area contributed by atoms with E-state index in [2.05, 4.69) is 34.5 Å². The minimum atomic E-state index is 0.754. The maximum atomic E-state index is 5.22. The van der Waals surface area contributed by atoms with Crippen molar-refractivity contribution in [1.82, 2.24) is 20.1 Å². The van der Waals surface area contributed by atoms with E-state index in [-0.39, 0.29) is 0 Å². The fourth-order valence-corrected chi connectivity index (χ4v) is 2.08. The first-order valence-corrected chi connectivity index (χ1v) is 7.03. The Kier molecular flexibility index (Phi) is 5.55. The Morgan fingerprint density at radius 3 is 3.05 bits per heavy atom. The fourth-order valence-electron chi connectivity index (χ4n) is 2.08. The highest BCUT2D eigenvalue weighted by Gasteiger charge is 2.02. The molecule has 20 heavy (non-hydrogen) atoms. The lowest BCUT2D eigenvalue weighted by Crippen LogP contribution is -2.20. The average Bonchev–Trinajstić information content (AvgIpc) is 2.92. The molecule has 1 aromatic heterocycles. The summed E-state index contributed by atoms with van der Waals surface area (Å²) in [6.07, 6.45) is 3.66. The van der Waals surface area contributed by atoms with Gasteiger partial charge in [-0.15, -0.1) is 0 Å². The van der Waals surface area contributed by atoms with Gasteiger partial charge in [0, 0.05) is 6.54 Å². The van der Waals surface area contributed by atoms with Crippen LogP contribution in [0.2, 0.25) is 0 Å². The van der Waals surface area contributed by atoms with E-state index in [1.165, 1.54) is 5.56 Å². The van der Waals surface area contributed by atoms with E-state index in [1.54, 1.807) is 13.4 Å². The van der Waals surface area contributed by atoms with Crippen LogP contribution in [0.15, 0.2) is 30.6 Å². The number of nitrogens with one attached hydrogen (secondary N) is 1. The number of hydrogen-bond acceptors (Lipinski definition) is 4. The van der Waals surface area contributed by atoms with Gasteiger partial charge in [0.2, 0.25) is 0 Å². The summed E-state index contributed by atoms with van der Waals surface area (Å²) in [6.45, 7) is 4.73. The minimum absolute atomic E-state index is 0.754. The van der Waals surface area contributed by atoms with Gasteiger partial charge in [0.25, 0.3) is 0 Å². The predicted molar refractivity (Wildman–Crippen MR) is 78.7 cm³/mol. The Labute approximate surface area is 120 Å². The first-order chi connectivity index (χ1) is 9.83. The van der Waals surface area contributed by atoms with E-state index in [9.17, 15) is 0 Å². The second-order valence-electron chi connectivity index (χ2n) is 4.68. The Balaban J connectivity index is 1.77. The molecular formula is C15H22N4O. The molecule has 0 aliphatic rings. The molecule has 1 aromatic carbocycles. The molecule has 0 saturated carbocycles. The first-order valence-electron chi connectivity index (χ1n) is 7.03. The van der Waals surface area contributed by atoms with Crippen LogP contribution in [0, 0.1) is 0 Å². The lowest BCUT2D eigenvalue weighted by atomic mass is 10.1. The van der Waals surface area contributed by atoms with Crippen LogP contribution >= 0.6 is 0 Å². The molecule has 0 saturated heterocycles. The van der Waals surface area contributed by atoms with Crippen LogP contribution in [0.1, 0.15) is 24.7 Å². The molecule has 0 aliphatic heterocycles. The van der Waals surface area contributed by atoms with Crippen molar-refractivity contribution in [3.05, 3.63) is 42.0 Å². The molecule has 2 rings (SSSR count). The number of hydrogen-bond donors (Lipinski definition) is 1. The molecule has 1 heterocycles. The van der Waals surface area contributed by atoms with E-state index in [0.717, 1.165) is 44.0 Å². The van der Waals surface area contributed by atoms with E-state index in [1.807, 2.05) is 16.8 Å². The molecule has 2 aromatic rings. The number of ether oxygens (including phenoxy) is 1. The molecular weight excluding hydrogens is 252 g/mol. The maximum absolute atomic E-state index is 5.22. The van der Waals surface area contributed by atoms with Crippen molar-refractivity contribution >= 4 is 0 Å². The van der Waals surface area contributed by atoms with E-state index in [4.69, 9.17) is 4.74 Å². The monoisotopic (exact) mass is 274 g/mol. The zero-order valence-electron chi connectivity index (χ0n) is 12.2. The molecule has 0 atom stereocenters. The smallest absolute Gasteiger partial charge is 0.140 e. The first kappa shape index (κ1) is 14.5. The third-order valence-electron chi connectivity index (χ3n) is 3.14. The molecule has 0 radical (unpaired) electrons. The molecule has 1 N–H and O–H groups in total. The molecule has 0 bridgehead atoms. The summed E-state index contributed by atoms with van der Waals surface area (Å²) >= 11 is 0. The van der Waals surface area contributed by atoms with Gasteiger partial charge < -0.3 is 10.1 Å². The van der Waals surface area contributed by atoms with Crippen molar-refractivity contribution in [2.24, 2.45) is 0 Å². The van der Waals surface area contributed by atoms with Crippen LogP contribution in [-0.4, -0.2) is 28.4 Å². The Hall–Kier alpha value is -1.88. The fraction of sp³-hybridized carbons (Fsp3) is 0.467. The van der Waals surface area contributed by atoms with Crippen molar-refractivity contribution in [2.75, 3.05) is 13.7 Å². The molecule has 0 aliphatic carbocycles. The summed E-state index contributed by atoms with van der Waals surface area (Å²) in [4.78, 5) is 4.28. The number of benzene rings is 1. The van der Waals surface area contributed by atoms with Gasteiger partial charge in [-0.2, -0.15) is 5.10 Å². The van der Waals surface area contributed by atoms with Gasteiger partial charge >= 0.3 is 0 Å². The summed E-state index contributed by atoms with van der Waals surface area (Å²) in [5, 5.41) is 7.62. The summed E-state index contributed by atoms with van der Waals surface area (Å²) < 4.78 is 7.18. The Morgan fingerprint density at radius 2 is 2.25 bits per heavy atom. The van der Waals surface area contributed by atoms with Crippen molar-refractivity contribution in [3.8, 4) is 5.75 Å². The molecule has 5 nitrogen and oxygen atoms in total. The van der Waals surface area contributed by atoms with Crippen LogP contribution in [0.4, 0.5) is 0 Å². The van der Waals surface area contributed by atoms with E-state index < -0.39 is 0 Å². The van der Waals surface area contributed by atoms with Gasteiger partial charge in [-0.05, 0) is 37.1 Å². The third kappa shape index (κ3) is 4.06. The predicted octanol–water partition coefficient (Wildman–Crippen LogP) is 2.03. The second kappa shape index (κ2) is 7.65. The van der Waals surface area contributed by atoms with Gasteiger partial charge in [-0.25, -0.2) is 9.67 Å². The largest absolute Gasteiger partial charge is 0.497 e. The number of nitrogens with zero attached hydrogens (tertiary/aromatic N) is 3. The molecule has 0 amide bonds. The normalized spacial score (nSPS) is 10.7. The molecule has 0 spiro atoms. The minimum Gasteiger partial charge on any atom is -0.497 e. The van der Waals surface area contributed by atoms with Crippen molar-refractivity contribution in [3.63, 3.8) is 0 Å². The number of methoxy groups -OCH3 is 1. The second-order valence-corrected chi connectivity index (χ2v) is 4.68. The Bertz CT molecular complexity index is 524. The SMILES string of the molecule is CCCn1ncnc1CNCCc1cccc(OC)c1. The maximum Gasteiger partial charge on any atom is 0.140 e. The van der Waals surface area contributed by atoms with Gasteiger partial charge in [-0.1, -0.05) is 19.1 Å². The summed E-state index contributed by atoms with van der Waals surface area (Å²) in [7, 11) is 1.69. The highest BCUT2D eigenvalue weighted by molar-refractivity contribution is 5.28. The van der Waals surface area contributed by atoms with Crippen molar-refractivity contribution in [1.29, 1.82) is 0 Å². The summed E-state index contributed by atoms with van der Waals surface area (Å²) in [5.74, 6) is 1.91. The third-order valence-corrected chi connectivity index (χ3v) is 3.14. The Morgan fingerprint density at radius 1 is 1.35 bits per heavy atom. The van der Waals surface area contributed by atoms with Crippen LogP contribution in [0.5, 0.6) is 5.75 Å². The van der Waals surface area contributed by atoms with E-state index >= 15 is 0 Å². The van der Waals surface area contributed by atoms with Crippen LogP contribution < -0.4 is 10.1 Å². The highest BCUT2D eigenvalue weighted by Crippen LogP contribution is 2.12. The molecule has 0 fully saturated rings.